The lowest BCUT2D eigenvalue weighted by Gasteiger charge is -2.16. The molecule has 2 aromatic carbocycles. The van der Waals surface area contributed by atoms with Crippen LogP contribution in [0, 0.1) is 0 Å². The second-order valence-corrected chi connectivity index (χ2v) is 8.55. The summed E-state index contributed by atoms with van der Waals surface area (Å²) in [5.74, 6) is -0.177. The number of hydrogen-bond donors (Lipinski definition) is 0. The second-order valence-electron chi connectivity index (χ2n) is 5.64. The zero-order chi connectivity index (χ0) is 16.4. The van der Waals surface area contributed by atoms with E-state index >= 15 is 0 Å². The molecule has 0 aromatic heterocycles. The Morgan fingerprint density at radius 3 is 2.39 bits per heavy atom. The zero-order valence-corrected chi connectivity index (χ0v) is 13.9. The number of likely N-dealkylation sites (tertiary alicyclic amines) is 1. The van der Waals surface area contributed by atoms with E-state index in [1.54, 1.807) is 4.90 Å². The second kappa shape index (κ2) is 6.34. The third-order valence-electron chi connectivity index (χ3n) is 3.98. The van der Waals surface area contributed by atoms with Crippen LogP contribution in [-0.4, -0.2) is 31.0 Å². The van der Waals surface area contributed by atoms with Crippen molar-refractivity contribution in [3.05, 3.63) is 60.2 Å². The number of carbonyl (C=O) groups excluding carboxylic acids is 1. The van der Waals surface area contributed by atoms with E-state index in [1.807, 2.05) is 54.6 Å². The molecule has 1 heterocycles. The van der Waals surface area contributed by atoms with Crippen molar-refractivity contribution < 1.29 is 13.2 Å². The molecule has 0 bridgehead atoms. The zero-order valence-electron chi connectivity index (χ0n) is 12.4. The molecular weight excluding hydrogens is 334 g/mol. The number of hydrogen-bond acceptors (Lipinski definition) is 3. The van der Waals surface area contributed by atoms with Gasteiger partial charge in [-0.3, -0.25) is 4.79 Å². The minimum absolute atomic E-state index is 0.0375. The summed E-state index contributed by atoms with van der Waals surface area (Å²) >= 11 is 0. The quantitative estimate of drug-likeness (QED) is 0.797. The molecule has 0 saturated carbocycles. The van der Waals surface area contributed by atoms with Crippen LogP contribution in [0.1, 0.15) is 12.0 Å². The maximum atomic E-state index is 12.0. The first-order valence-electron chi connectivity index (χ1n) is 7.29. The van der Waals surface area contributed by atoms with Gasteiger partial charge in [0.15, 0.2) is 0 Å². The van der Waals surface area contributed by atoms with Crippen LogP contribution in [0.4, 0.5) is 0 Å². The van der Waals surface area contributed by atoms with Gasteiger partial charge in [0.1, 0.15) is 5.25 Å². The molecule has 1 fully saturated rings. The van der Waals surface area contributed by atoms with Crippen LogP contribution in [0.3, 0.4) is 0 Å². The Labute approximate surface area is 140 Å². The monoisotopic (exact) mass is 349 g/mol. The van der Waals surface area contributed by atoms with E-state index in [2.05, 4.69) is 0 Å². The SMILES string of the molecule is O=C1CC(S(=O)(=O)Cl)CN1Cc1cccc(-c2ccccc2)c1. The van der Waals surface area contributed by atoms with Crippen LogP contribution in [-0.2, 0) is 20.4 Å². The van der Waals surface area contributed by atoms with Gasteiger partial charge >= 0.3 is 0 Å². The first-order chi connectivity index (χ1) is 10.9. The van der Waals surface area contributed by atoms with E-state index in [4.69, 9.17) is 10.7 Å². The third kappa shape index (κ3) is 3.74. The van der Waals surface area contributed by atoms with E-state index in [1.165, 1.54) is 0 Å². The molecule has 23 heavy (non-hydrogen) atoms. The van der Waals surface area contributed by atoms with Crippen LogP contribution >= 0.6 is 10.7 Å². The molecule has 6 heteroatoms. The van der Waals surface area contributed by atoms with Gasteiger partial charge in [0.25, 0.3) is 0 Å². The topological polar surface area (TPSA) is 54.5 Å². The molecule has 1 aliphatic heterocycles. The van der Waals surface area contributed by atoms with Gasteiger partial charge in [0, 0.05) is 30.2 Å². The van der Waals surface area contributed by atoms with Crippen LogP contribution in [0.2, 0.25) is 0 Å². The molecular formula is C17H16ClNO3S. The van der Waals surface area contributed by atoms with Gasteiger partial charge in [0.05, 0.1) is 0 Å². The Bertz CT molecular complexity index is 821. The summed E-state index contributed by atoms with van der Waals surface area (Å²) in [6.07, 6.45) is -0.0375. The molecule has 1 saturated heterocycles. The highest BCUT2D eigenvalue weighted by atomic mass is 35.7. The maximum Gasteiger partial charge on any atom is 0.237 e. The lowest BCUT2D eigenvalue weighted by Crippen LogP contribution is -2.26. The summed E-state index contributed by atoms with van der Waals surface area (Å²) in [6.45, 7) is 0.544. The third-order valence-corrected chi connectivity index (χ3v) is 5.85. The van der Waals surface area contributed by atoms with Crippen LogP contribution in [0.25, 0.3) is 11.1 Å². The minimum Gasteiger partial charge on any atom is -0.337 e. The highest BCUT2D eigenvalue weighted by Crippen LogP contribution is 2.25. The summed E-state index contributed by atoms with van der Waals surface area (Å²) in [7, 11) is 1.67. The Balaban J connectivity index is 1.78. The van der Waals surface area contributed by atoms with Gasteiger partial charge in [0.2, 0.25) is 15.0 Å². The molecule has 1 unspecified atom stereocenters. The van der Waals surface area contributed by atoms with Crippen molar-refractivity contribution in [3.8, 4) is 11.1 Å². The summed E-state index contributed by atoms with van der Waals surface area (Å²) < 4.78 is 22.8. The van der Waals surface area contributed by atoms with E-state index in [-0.39, 0.29) is 18.9 Å². The van der Waals surface area contributed by atoms with Gasteiger partial charge in [-0.1, -0.05) is 48.5 Å². The largest absolute Gasteiger partial charge is 0.337 e. The fraction of sp³-hybridized carbons (Fsp3) is 0.235. The molecule has 1 amide bonds. The molecule has 0 N–H and O–H groups in total. The van der Waals surface area contributed by atoms with Crippen molar-refractivity contribution >= 4 is 25.6 Å². The molecule has 1 aliphatic rings. The van der Waals surface area contributed by atoms with E-state index < -0.39 is 14.3 Å². The highest BCUT2D eigenvalue weighted by Gasteiger charge is 2.37. The molecule has 0 radical (unpaired) electrons. The Morgan fingerprint density at radius 2 is 1.74 bits per heavy atom. The average Bonchev–Trinajstić information content (AvgIpc) is 2.90. The molecule has 0 aliphatic carbocycles. The predicted octanol–water partition coefficient (Wildman–Crippen LogP) is 3.02. The van der Waals surface area contributed by atoms with Crippen LogP contribution in [0.15, 0.2) is 54.6 Å². The minimum atomic E-state index is -3.70. The van der Waals surface area contributed by atoms with Crippen molar-refractivity contribution in [2.45, 2.75) is 18.2 Å². The first-order valence-corrected chi connectivity index (χ1v) is 9.66. The summed E-state index contributed by atoms with van der Waals surface area (Å²) in [4.78, 5) is 13.5. The lowest BCUT2D eigenvalue weighted by atomic mass is 10.0. The van der Waals surface area contributed by atoms with Crippen molar-refractivity contribution in [2.24, 2.45) is 0 Å². The number of carbonyl (C=O) groups is 1. The van der Waals surface area contributed by atoms with Gasteiger partial charge in [-0.15, -0.1) is 0 Å². The normalized spacial score (nSPS) is 18.4. The first kappa shape index (κ1) is 16.0. The van der Waals surface area contributed by atoms with Gasteiger partial charge in [-0.2, -0.15) is 0 Å². The van der Waals surface area contributed by atoms with E-state index in [0.717, 1.165) is 16.7 Å². The van der Waals surface area contributed by atoms with Gasteiger partial charge < -0.3 is 4.90 Å². The highest BCUT2D eigenvalue weighted by molar-refractivity contribution is 8.14. The fourth-order valence-electron chi connectivity index (χ4n) is 2.78. The Morgan fingerprint density at radius 1 is 1.04 bits per heavy atom. The molecule has 1 atom stereocenters. The maximum absolute atomic E-state index is 12.0. The molecule has 120 valence electrons. The van der Waals surface area contributed by atoms with Gasteiger partial charge in [-0.05, 0) is 22.8 Å². The average molecular weight is 350 g/mol. The molecule has 3 rings (SSSR count). The molecule has 4 nitrogen and oxygen atoms in total. The number of benzene rings is 2. The van der Waals surface area contributed by atoms with E-state index in [9.17, 15) is 13.2 Å². The number of amides is 1. The summed E-state index contributed by atoms with van der Waals surface area (Å²) in [5, 5.41) is -0.811. The number of halogens is 1. The van der Waals surface area contributed by atoms with Gasteiger partial charge in [-0.25, -0.2) is 8.42 Å². The standard InChI is InChI=1S/C17H16ClNO3S/c18-23(21,22)16-10-17(20)19(12-16)11-13-5-4-8-15(9-13)14-6-2-1-3-7-14/h1-9,16H,10-12H2. The van der Waals surface area contributed by atoms with Crippen LogP contribution < -0.4 is 0 Å². The fourth-order valence-corrected chi connectivity index (χ4v) is 3.84. The summed E-state index contributed by atoms with van der Waals surface area (Å²) in [5.41, 5.74) is 3.13. The Hall–Kier alpha value is -1.85. The van der Waals surface area contributed by atoms with E-state index in [0.29, 0.717) is 6.54 Å². The molecule has 2 aromatic rings. The van der Waals surface area contributed by atoms with Crippen molar-refractivity contribution in [3.63, 3.8) is 0 Å². The lowest BCUT2D eigenvalue weighted by molar-refractivity contribution is -0.128. The van der Waals surface area contributed by atoms with Crippen molar-refractivity contribution in [1.29, 1.82) is 0 Å². The van der Waals surface area contributed by atoms with Crippen molar-refractivity contribution in [1.82, 2.24) is 4.90 Å². The smallest absolute Gasteiger partial charge is 0.237 e. The number of nitrogens with zero attached hydrogens (tertiary/aromatic N) is 1. The van der Waals surface area contributed by atoms with Crippen molar-refractivity contribution in [2.75, 3.05) is 6.54 Å². The Kier molecular flexibility index (Phi) is 4.41. The van der Waals surface area contributed by atoms with Crippen LogP contribution in [0.5, 0.6) is 0 Å². The summed E-state index contributed by atoms with van der Waals surface area (Å²) in [6, 6.07) is 17.9. The predicted molar refractivity (Wildman–Crippen MR) is 90.5 cm³/mol. The molecule has 0 spiro atoms. The number of rotatable bonds is 4.